The van der Waals surface area contributed by atoms with Gasteiger partial charge in [0.05, 0.1) is 4.92 Å². The minimum Gasteiger partial charge on any atom is -0.258 e. The fourth-order valence-corrected chi connectivity index (χ4v) is 2.37. The highest BCUT2D eigenvalue weighted by molar-refractivity contribution is 9.10. The zero-order valence-corrected chi connectivity index (χ0v) is 9.08. The third-order valence-corrected chi connectivity index (χ3v) is 3.34. The summed E-state index contributed by atoms with van der Waals surface area (Å²) in [6.45, 7) is 0. The van der Waals surface area contributed by atoms with E-state index < -0.39 is 14.9 Å². The predicted molar refractivity (Wildman–Crippen MR) is 52.2 cm³/mol. The molecule has 0 saturated heterocycles. The van der Waals surface area contributed by atoms with Crippen LogP contribution < -0.4 is 5.14 Å². The van der Waals surface area contributed by atoms with Crippen molar-refractivity contribution in [3.8, 4) is 0 Å². The van der Waals surface area contributed by atoms with Crippen molar-refractivity contribution in [1.82, 2.24) is 0 Å². The third kappa shape index (κ3) is 2.28. The maximum atomic E-state index is 11.0. The van der Waals surface area contributed by atoms with Gasteiger partial charge < -0.3 is 0 Å². The van der Waals surface area contributed by atoms with Crippen molar-refractivity contribution in [2.75, 3.05) is 0 Å². The molecule has 0 amide bonds. The molecule has 0 spiro atoms. The Morgan fingerprint density at radius 2 is 2.00 bits per heavy atom. The van der Waals surface area contributed by atoms with E-state index in [4.69, 9.17) is 5.14 Å². The lowest BCUT2D eigenvalue weighted by molar-refractivity contribution is -0.385. The van der Waals surface area contributed by atoms with Crippen LogP contribution in [0.15, 0.2) is 27.6 Å². The van der Waals surface area contributed by atoms with Gasteiger partial charge in [-0.2, -0.15) is 0 Å². The summed E-state index contributed by atoms with van der Waals surface area (Å²) in [5.74, 6) is 0. The second-order valence-electron chi connectivity index (χ2n) is 2.42. The standard InChI is InChI=1S/C6H5BrN2O4S/c7-5-2-1-4(9(10)11)3-6(5)14(8,12)13/h1-3H,(H2,8,12,13). The topological polar surface area (TPSA) is 103 Å². The maximum Gasteiger partial charge on any atom is 0.270 e. The van der Waals surface area contributed by atoms with Gasteiger partial charge in [0.1, 0.15) is 4.90 Å². The summed E-state index contributed by atoms with van der Waals surface area (Å²) in [5.41, 5.74) is -0.322. The molecule has 1 rings (SSSR count). The van der Waals surface area contributed by atoms with Gasteiger partial charge in [-0.25, -0.2) is 13.6 Å². The molecule has 1 aromatic rings. The molecule has 0 atom stereocenters. The van der Waals surface area contributed by atoms with E-state index in [0.717, 1.165) is 6.07 Å². The number of sulfonamides is 1. The van der Waals surface area contributed by atoms with Crippen molar-refractivity contribution < 1.29 is 13.3 Å². The molecule has 0 aliphatic carbocycles. The summed E-state index contributed by atoms with van der Waals surface area (Å²) in [5, 5.41) is 15.2. The third-order valence-electron chi connectivity index (χ3n) is 1.43. The van der Waals surface area contributed by atoms with Gasteiger partial charge in [-0.05, 0) is 22.0 Å². The first-order valence-electron chi connectivity index (χ1n) is 3.29. The van der Waals surface area contributed by atoms with Crippen molar-refractivity contribution >= 4 is 31.6 Å². The van der Waals surface area contributed by atoms with E-state index in [1.807, 2.05) is 0 Å². The quantitative estimate of drug-likeness (QED) is 0.645. The van der Waals surface area contributed by atoms with Crippen LogP contribution in [-0.4, -0.2) is 13.3 Å². The van der Waals surface area contributed by atoms with Gasteiger partial charge in [-0.3, -0.25) is 10.1 Å². The van der Waals surface area contributed by atoms with E-state index in [9.17, 15) is 18.5 Å². The molecule has 0 saturated carbocycles. The van der Waals surface area contributed by atoms with Crippen molar-refractivity contribution in [3.05, 3.63) is 32.8 Å². The van der Waals surface area contributed by atoms with Gasteiger partial charge in [0, 0.05) is 16.6 Å². The van der Waals surface area contributed by atoms with Crippen LogP contribution >= 0.6 is 15.9 Å². The van der Waals surface area contributed by atoms with Gasteiger partial charge in [0.2, 0.25) is 10.0 Å². The number of hydrogen-bond donors (Lipinski definition) is 1. The van der Waals surface area contributed by atoms with Crippen LogP contribution in [0.4, 0.5) is 5.69 Å². The van der Waals surface area contributed by atoms with Crippen LogP contribution in [0.2, 0.25) is 0 Å². The molecule has 14 heavy (non-hydrogen) atoms. The minimum atomic E-state index is -3.94. The number of rotatable bonds is 2. The molecule has 0 aromatic heterocycles. The summed E-state index contributed by atoms with van der Waals surface area (Å²) >= 11 is 2.93. The molecule has 8 heteroatoms. The molecule has 0 radical (unpaired) electrons. The first kappa shape index (κ1) is 11.1. The van der Waals surface area contributed by atoms with Crippen LogP contribution in [0.25, 0.3) is 0 Å². The Balaban J connectivity index is 3.44. The van der Waals surface area contributed by atoms with Gasteiger partial charge in [-0.15, -0.1) is 0 Å². The first-order valence-corrected chi connectivity index (χ1v) is 5.63. The van der Waals surface area contributed by atoms with E-state index in [1.165, 1.54) is 12.1 Å². The molecule has 2 N–H and O–H groups in total. The first-order chi connectivity index (χ1) is 6.32. The number of hydrogen-bond acceptors (Lipinski definition) is 4. The molecule has 0 fully saturated rings. The van der Waals surface area contributed by atoms with Crippen LogP contribution in [0.1, 0.15) is 0 Å². The van der Waals surface area contributed by atoms with E-state index in [2.05, 4.69) is 15.9 Å². The Morgan fingerprint density at radius 3 is 2.43 bits per heavy atom. The number of primary sulfonamides is 1. The van der Waals surface area contributed by atoms with Gasteiger partial charge in [-0.1, -0.05) is 0 Å². The fraction of sp³-hybridized carbons (Fsp3) is 0. The minimum absolute atomic E-state index is 0.200. The molecular formula is C6H5BrN2O4S. The monoisotopic (exact) mass is 280 g/mol. The van der Waals surface area contributed by atoms with Crippen molar-refractivity contribution in [1.29, 1.82) is 0 Å². The van der Waals surface area contributed by atoms with E-state index >= 15 is 0 Å². The number of nitrogens with two attached hydrogens (primary N) is 1. The van der Waals surface area contributed by atoms with Gasteiger partial charge in [0.25, 0.3) is 5.69 Å². The Hall–Kier alpha value is -0.990. The predicted octanol–water partition coefficient (Wildman–Crippen LogP) is 1.00. The van der Waals surface area contributed by atoms with Crippen LogP contribution in [0.5, 0.6) is 0 Å². The Morgan fingerprint density at radius 1 is 1.43 bits per heavy atom. The summed E-state index contributed by atoms with van der Waals surface area (Å²) in [6.07, 6.45) is 0. The number of halogens is 1. The highest BCUT2D eigenvalue weighted by Crippen LogP contribution is 2.25. The smallest absolute Gasteiger partial charge is 0.258 e. The molecule has 76 valence electrons. The van der Waals surface area contributed by atoms with Crippen LogP contribution in [0.3, 0.4) is 0 Å². The normalized spacial score (nSPS) is 11.3. The molecule has 1 aromatic carbocycles. The molecule has 6 nitrogen and oxygen atoms in total. The maximum absolute atomic E-state index is 11.0. The number of nitro benzene ring substituents is 1. The molecule has 0 aliphatic rings. The summed E-state index contributed by atoms with van der Waals surface area (Å²) in [7, 11) is -3.94. The van der Waals surface area contributed by atoms with E-state index in [0.29, 0.717) is 0 Å². The number of nitrogens with zero attached hydrogens (tertiary/aromatic N) is 1. The average molecular weight is 281 g/mol. The zero-order chi connectivity index (χ0) is 10.9. The van der Waals surface area contributed by atoms with E-state index in [1.54, 1.807) is 0 Å². The molecular weight excluding hydrogens is 276 g/mol. The Kier molecular flexibility index (Phi) is 2.88. The lowest BCUT2D eigenvalue weighted by Gasteiger charge is -2.00. The fourth-order valence-electron chi connectivity index (χ4n) is 0.824. The second-order valence-corrected chi connectivity index (χ2v) is 4.80. The molecule has 0 heterocycles. The zero-order valence-electron chi connectivity index (χ0n) is 6.68. The molecule has 0 bridgehead atoms. The van der Waals surface area contributed by atoms with Crippen molar-refractivity contribution in [3.63, 3.8) is 0 Å². The van der Waals surface area contributed by atoms with E-state index in [-0.39, 0.29) is 15.1 Å². The Labute approximate surface area is 88.1 Å². The second kappa shape index (κ2) is 3.64. The molecule has 0 aliphatic heterocycles. The molecule has 0 unspecified atom stereocenters. The van der Waals surface area contributed by atoms with Gasteiger partial charge in [0.15, 0.2) is 0 Å². The van der Waals surface area contributed by atoms with Crippen molar-refractivity contribution in [2.45, 2.75) is 4.90 Å². The summed E-state index contributed by atoms with van der Waals surface area (Å²) in [6, 6.07) is 3.34. The van der Waals surface area contributed by atoms with Crippen LogP contribution in [-0.2, 0) is 10.0 Å². The highest BCUT2D eigenvalue weighted by atomic mass is 79.9. The SMILES string of the molecule is NS(=O)(=O)c1cc([N+](=O)[O-])ccc1Br. The van der Waals surface area contributed by atoms with Crippen molar-refractivity contribution in [2.24, 2.45) is 5.14 Å². The average Bonchev–Trinajstić information content (AvgIpc) is 2.02. The largest absolute Gasteiger partial charge is 0.270 e. The number of benzene rings is 1. The highest BCUT2D eigenvalue weighted by Gasteiger charge is 2.17. The lowest BCUT2D eigenvalue weighted by Crippen LogP contribution is -2.13. The Bertz CT molecular complexity index is 485. The van der Waals surface area contributed by atoms with Crippen LogP contribution in [0, 0.1) is 10.1 Å². The lowest BCUT2D eigenvalue weighted by atomic mass is 10.3. The van der Waals surface area contributed by atoms with Gasteiger partial charge >= 0.3 is 0 Å². The summed E-state index contributed by atoms with van der Waals surface area (Å²) < 4.78 is 22.1. The summed E-state index contributed by atoms with van der Waals surface area (Å²) in [4.78, 5) is 9.35. The number of nitro groups is 1. The number of non-ortho nitro benzene ring substituents is 1.